The minimum Gasteiger partial charge on any atom is -0.396 e. The molecule has 1 atom stereocenters. The molecule has 1 aromatic rings. The summed E-state index contributed by atoms with van der Waals surface area (Å²) in [4.78, 5) is 8.81. The van der Waals surface area contributed by atoms with Gasteiger partial charge in [0.25, 0.3) is 0 Å². The smallest absolute Gasteiger partial charge is 0.152 e. The minimum atomic E-state index is 0.386. The summed E-state index contributed by atoms with van der Waals surface area (Å²) in [7, 11) is 2.11. The highest BCUT2D eigenvalue weighted by molar-refractivity contribution is 5.65. The Balaban J connectivity index is 2.25. The number of aromatic nitrogens is 1. The van der Waals surface area contributed by atoms with Gasteiger partial charge in [-0.05, 0) is 20.0 Å². The maximum atomic E-state index is 8.78. The Morgan fingerprint density at radius 3 is 2.88 bits per heavy atom. The molecular weight excluding hydrogens is 214 g/mol. The van der Waals surface area contributed by atoms with Crippen LogP contribution in [0.25, 0.3) is 0 Å². The molecule has 17 heavy (non-hydrogen) atoms. The number of hydrogen-bond donors (Lipinski definition) is 1. The van der Waals surface area contributed by atoms with E-state index in [9.17, 15) is 0 Å². The standard InChI is InChI=1S/C12H17N5/c1-9-8-16(2)3-4-17(9)12-11(14)5-10(6-13)7-15-12/h5,7,9H,3-4,8,14H2,1-2H3. The van der Waals surface area contributed by atoms with Gasteiger partial charge in [-0.2, -0.15) is 5.26 Å². The first-order valence-corrected chi connectivity index (χ1v) is 5.72. The van der Waals surface area contributed by atoms with Gasteiger partial charge in [0.2, 0.25) is 0 Å². The Morgan fingerprint density at radius 2 is 2.29 bits per heavy atom. The molecule has 1 aliphatic heterocycles. The van der Waals surface area contributed by atoms with Crippen molar-refractivity contribution in [2.45, 2.75) is 13.0 Å². The van der Waals surface area contributed by atoms with Gasteiger partial charge in [-0.15, -0.1) is 0 Å². The monoisotopic (exact) mass is 231 g/mol. The highest BCUT2D eigenvalue weighted by atomic mass is 15.3. The van der Waals surface area contributed by atoms with Crippen LogP contribution in [-0.4, -0.2) is 42.6 Å². The van der Waals surface area contributed by atoms with E-state index in [1.807, 2.05) is 6.07 Å². The third-order valence-electron chi connectivity index (χ3n) is 3.13. The van der Waals surface area contributed by atoms with Gasteiger partial charge in [0.05, 0.1) is 11.3 Å². The SMILES string of the molecule is CC1CN(C)CCN1c1ncc(C#N)cc1N. The summed E-state index contributed by atoms with van der Waals surface area (Å²) >= 11 is 0. The number of nitrogens with two attached hydrogens (primary N) is 1. The van der Waals surface area contributed by atoms with Gasteiger partial charge in [0.1, 0.15) is 6.07 Å². The van der Waals surface area contributed by atoms with E-state index in [4.69, 9.17) is 11.0 Å². The zero-order valence-corrected chi connectivity index (χ0v) is 10.2. The molecule has 1 unspecified atom stereocenters. The summed E-state index contributed by atoms with van der Waals surface area (Å²) in [6.07, 6.45) is 1.58. The maximum absolute atomic E-state index is 8.78. The molecule has 1 aromatic heterocycles. The number of rotatable bonds is 1. The van der Waals surface area contributed by atoms with Crippen molar-refractivity contribution in [1.29, 1.82) is 5.26 Å². The average Bonchev–Trinajstić information content (AvgIpc) is 2.30. The summed E-state index contributed by atoms with van der Waals surface area (Å²) in [5, 5.41) is 8.78. The van der Waals surface area contributed by atoms with Crippen LogP contribution in [0.2, 0.25) is 0 Å². The highest BCUT2D eigenvalue weighted by Gasteiger charge is 2.24. The Bertz CT molecular complexity index is 451. The van der Waals surface area contributed by atoms with Gasteiger partial charge < -0.3 is 15.5 Å². The molecule has 0 bridgehead atoms. The zero-order valence-electron chi connectivity index (χ0n) is 10.2. The predicted molar refractivity (Wildman–Crippen MR) is 67.7 cm³/mol. The fourth-order valence-electron chi connectivity index (χ4n) is 2.23. The summed E-state index contributed by atoms with van der Waals surface area (Å²) < 4.78 is 0. The number of nitrogen functional groups attached to an aromatic ring is 1. The van der Waals surface area contributed by atoms with Gasteiger partial charge in [0.15, 0.2) is 5.82 Å². The normalized spacial score (nSPS) is 21.2. The first-order chi connectivity index (χ1) is 8.11. The number of likely N-dealkylation sites (N-methyl/N-ethyl adjacent to an activating group) is 1. The topological polar surface area (TPSA) is 69.2 Å². The molecule has 0 spiro atoms. The van der Waals surface area contributed by atoms with Crippen molar-refractivity contribution in [3.63, 3.8) is 0 Å². The van der Waals surface area contributed by atoms with Crippen LogP contribution < -0.4 is 10.6 Å². The molecule has 5 heteroatoms. The van der Waals surface area contributed by atoms with Gasteiger partial charge in [-0.1, -0.05) is 0 Å². The summed E-state index contributed by atoms with van der Waals surface area (Å²) in [5.74, 6) is 0.796. The van der Waals surface area contributed by atoms with Crippen molar-refractivity contribution < 1.29 is 0 Å². The second kappa shape index (κ2) is 4.60. The third-order valence-corrected chi connectivity index (χ3v) is 3.13. The predicted octanol–water partition coefficient (Wildman–Crippen LogP) is 0.676. The Kier molecular flexibility index (Phi) is 3.16. The minimum absolute atomic E-state index is 0.386. The molecule has 0 saturated carbocycles. The van der Waals surface area contributed by atoms with E-state index >= 15 is 0 Å². The molecule has 0 aromatic carbocycles. The van der Waals surface area contributed by atoms with Crippen molar-refractivity contribution in [2.24, 2.45) is 0 Å². The van der Waals surface area contributed by atoms with Crippen molar-refractivity contribution in [3.05, 3.63) is 17.8 Å². The Hall–Kier alpha value is -1.80. The lowest BCUT2D eigenvalue weighted by Crippen LogP contribution is -2.51. The number of nitriles is 1. The fraction of sp³-hybridized carbons (Fsp3) is 0.500. The van der Waals surface area contributed by atoms with Crippen LogP contribution in [0.3, 0.4) is 0 Å². The Morgan fingerprint density at radius 1 is 1.53 bits per heavy atom. The number of pyridine rings is 1. The molecule has 90 valence electrons. The maximum Gasteiger partial charge on any atom is 0.152 e. The van der Waals surface area contributed by atoms with Crippen LogP contribution in [0.15, 0.2) is 12.3 Å². The van der Waals surface area contributed by atoms with E-state index in [1.54, 1.807) is 12.3 Å². The Labute approximate surface area is 101 Å². The summed E-state index contributed by atoms with van der Waals surface area (Å²) in [6.45, 7) is 5.09. The molecule has 2 N–H and O–H groups in total. The van der Waals surface area contributed by atoms with Crippen molar-refractivity contribution in [1.82, 2.24) is 9.88 Å². The number of piperazine rings is 1. The molecule has 2 heterocycles. The zero-order chi connectivity index (χ0) is 12.4. The quantitative estimate of drug-likeness (QED) is 0.769. The number of nitrogens with zero attached hydrogens (tertiary/aromatic N) is 4. The molecule has 2 rings (SSSR count). The molecule has 1 saturated heterocycles. The van der Waals surface area contributed by atoms with Crippen LogP contribution in [0, 0.1) is 11.3 Å². The second-order valence-corrected chi connectivity index (χ2v) is 4.55. The fourth-order valence-corrected chi connectivity index (χ4v) is 2.23. The van der Waals surface area contributed by atoms with E-state index in [0.29, 0.717) is 17.3 Å². The molecule has 5 nitrogen and oxygen atoms in total. The average molecular weight is 231 g/mol. The van der Waals surface area contributed by atoms with E-state index < -0.39 is 0 Å². The van der Waals surface area contributed by atoms with Crippen molar-refractivity contribution >= 4 is 11.5 Å². The van der Waals surface area contributed by atoms with Crippen molar-refractivity contribution in [3.8, 4) is 6.07 Å². The first kappa shape index (κ1) is 11.7. The van der Waals surface area contributed by atoms with Crippen LogP contribution in [-0.2, 0) is 0 Å². The van der Waals surface area contributed by atoms with Crippen LogP contribution in [0.5, 0.6) is 0 Å². The third kappa shape index (κ3) is 2.32. The lowest BCUT2D eigenvalue weighted by Gasteiger charge is -2.39. The van der Waals surface area contributed by atoms with E-state index in [1.165, 1.54) is 0 Å². The van der Waals surface area contributed by atoms with Crippen LogP contribution in [0.4, 0.5) is 11.5 Å². The number of hydrogen-bond acceptors (Lipinski definition) is 5. The molecule has 0 radical (unpaired) electrons. The van der Waals surface area contributed by atoms with Gasteiger partial charge in [-0.25, -0.2) is 4.98 Å². The first-order valence-electron chi connectivity index (χ1n) is 5.72. The van der Waals surface area contributed by atoms with Gasteiger partial charge in [-0.3, -0.25) is 0 Å². The van der Waals surface area contributed by atoms with Crippen LogP contribution >= 0.6 is 0 Å². The largest absolute Gasteiger partial charge is 0.396 e. The molecule has 1 aliphatic rings. The molecule has 1 fully saturated rings. The molecule has 0 aliphatic carbocycles. The lowest BCUT2D eigenvalue weighted by atomic mass is 10.2. The molecule has 0 amide bonds. The summed E-state index contributed by atoms with van der Waals surface area (Å²) in [6, 6.07) is 4.12. The van der Waals surface area contributed by atoms with Gasteiger partial charge in [0, 0.05) is 31.9 Å². The van der Waals surface area contributed by atoms with Gasteiger partial charge >= 0.3 is 0 Å². The highest BCUT2D eigenvalue weighted by Crippen LogP contribution is 2.24. The second-order valence-electron chi connectivity index (χ2n) is 4.55. The molecular formula is C12H17N5. The summed E-state index contributed by atoms with van der Waals surface area (Å²) in [5.41, 5.74) is 7.05. The number of anilines is 2. The lowest BCUT2D eigenvalue weighted by molar-refractivity contribution is 0.275. The van der Waals surface area contributed by atoms with E-state index in [-0.39, 0.29) is 0 Å². The van der Waals surface area contributed by atoms with Crippen LogP contribution in [0.1, 0.15) is 12.5 Å². The van der Waals surface area contributed by atoms with E-state index in [0.717, 1.165) is 25.5 Å². The van der Waals surface area contributed by atoms with Crippen molar-refractivity contribution in [2.75, 3.05) is 37.3 Å². The van der Waals surface area contributed by atoms with E-state index in [2.05, 4.69) is 28.8 Å².